The van der Waals surface area contributed by atoms with Crippen molar-refractivity contribution in [2.45, 2.75) is 96.9 Å². The van der Waals surface area contributed by atoms with Gasteiger partial charge < -0.3 is 44.6 Å². The number of hydrogen-bond acceptors (Lipinski definition) is 9. The maximum atomic E-state index is 13.7. The summed E-state index contributed by atoms with van der Waals surface area (Å²) in [5.41, 5.74) is 5.31. The van der Waals surface area contributed by atoms with Gasteiger partial charge in [0.05, 0.1) is 43.0 Å². The van der Waals surface area contributed by atoms with Crippen LogP contribution in [0.1, 0.15) is 102 Å². The van der Waals surface area contributed by atoms with Crippen LogP contribution in [0.2, 0.25) is 0 Å². The molecule has 2 unspecified atom stereocenters. The first-order chi connectivity index (χ1) is 29.7. The first kappa shape index (κ1) is 42.3. The summed E-state index contributed by atoms with van der Waals surface area (Å²) in [6.07, 6.45) is 4.64. The number of rotatable bonds is 10. The molecule has 3 aliphatic heterocycles. The molecule has 2 aromatic heterocycles. The number of hydrogen-bond donors (Lipinski definition) is 4. The highest BCUT2D eigenvalue weighted by atomic mass is 16.6. The third-order valence-electron chi connectivity index (χ3n) is 12.7. The van der Waals surface area contributed by atoms with Crippen molar-refractivity contribution in [1.82, 2.24) is 40.4 Å². The van der Waals surface area contributed by atoms with Crippen molar-refractivity contribution in [2.24, 2.45) is 11.8 Å². The number of ether oxygens (including phenoxy) is 3. The summed E-state index contributed by atoms with van der Waals surface area (Å²) < 4.78 is 16.9. The van der Waals surface area contributed by atoms with Crippen LogP contribution in [0.3, 0.4) is 0 Å². The molecule has 0 saturated carbocycles. The normalized spacial score (nSPS) is 18.9. The lowest BCUT2D eigenvalue weighted by atomic mass is 9.73. The van der Waals surface area contributed by atoms with Gasteiger partial charge in [-0.3, -0.25) is 9.59 Å². The SMILES string of the molecule is CNC(=O)O[C@H](C(=O)N1CCC[C@H]1c1ncc(-c2ccc3c(c2)Oc2ccc4cc(-c5cnc(C6CCCN6C(=O)C(NC(=O)OC)C(C)C)[nH]5)ccc4c2C3(C)C)[nH]1)C(C)C. The number of alkyl carbamates (subject to hydrolysis) is 2. The number of carbonyl (C=O) groups is 4. The van der Waals surface area contributed by atoms with Gasteiger partial charge in [-0.2, -0.15) is 0 Å². The van der Waals surface area contributed by atoms with Gasteiger partial charge in [-0.15, -0.1) is 0 Å². The predicted molar refractivity (Wildman–Crippen MR) is 233 cm³/mol. The number of imidazole rings is 2. The summed E-state index contributed by atoms with van der Waals surface area (Å²) in [6.45, 7) is 13.1. The Morgan fingerprint density at radius 1 is 0.790 bits per heavy atom. The third-order valence-corrected chi connectivity index (χ3v) is 12.7. The lowest BCUT2D eigenvalue weighted by Gasteiger charge is -2.35. The van der Waals surface area contributed by atoms with E-state index in [9.17, 15) is 19.2 Å². The Labute approximate surface area is 361 Å². The fraction of sp³-hybridized carbons (Fsp3) is 0.447. The zero-order valence-electron chi connectivity index (χ0n) is 36.6. The first-order valence-electron chi connectivity index (χ1n) is 21.5. The van der Waals surface area contributed by atoms with E-state index in [1.54, 1.807) is 11.1 Å². The van der Waals surface area contributed by atoms with Gasteiger partial charge in [-0.1, -0.05) is 71.9 Å². The Balaban J connectivity index is 1.01. The topological polar surface area (TPSA) is 184 Å². The van der Waals surface area contributed by atoms with Crippen molar-refractivity contribution in [2.75, 3.05) is 27.2 Å². The Morgan fingerprint density at radius 2 is 1.40 bits per heavy atom. The summed E-state index contributed by atoms with van der Waals surface area (Å²) in [6, 6.07) is 15.5. The Kier molecular flexibility index (Phi) is 11.5. The number of benzene rings is 3. The number of amides is 4. The van der Waals surface area contributed by atoms with Crippen molar-refractivity contribution < 1.29 is 33.4 Å². The summed E-state index contributed by atoms with van der Waals surface area (Å²) in [7, 11) is 2.77. The number of methoxy groups -OCH3 is 1. The third kappa shape index (κ3) is 7.73. The fourth-order valence-electron chi connectivity index (χ4n) is 9.37. The minimum atomic E-state index is -0.894. The number of fused-ring (bicyclic) bond motifs is 4. The van der Waals surface area contributed by atoms with Gasteiger partial charge in [-0.05, 0) is 66.5 Å². The second kappa shape index (κ2) is 16.8. The molecule has 3 aromatic carbocycles. The van der Waals surface area contributed by atoms with Crippen LogP contribution >= 0.6 is 0 Å². The van der Waals surface area contributed by atoms with E-state index in [0.29, 0.717) is 24.7 Å². The maximum Gasteiger partial charge on any atom is 0.407 e. The van der Waals surface area contributed by atoms with E-state index < -0.39 is 29.7 Å². The van der Waals surface area contributed by atoms with E-state index in [1.807, 2.05) is 50.9 Å². The van der Waals surface area contributed by atoms with Gasteiger partial charge in [0.2, 0.25) is 5.91 Å². The Bertz CT molecular complexity index is 2520. The minimum absolute atomic E-state index is 0.117. The molecule has 4 amide bonds. The second-order valence-electron chi connectivity index (χ2n) is 17.7. The molecule has 62 heavy (non-hydrogen) atoms. The molecule has 4 atom stereocenters. The molecule has 0 bridgehead atoms. The molecule has 5 aromatic rings. The first-order valence-corrected chi connectivity index (χ1v) is 21.5. The minimum Gasteiger partial charge on any atom is -0.457 e. The van der Waals surface area contributed by atoms with Crippen molar-refractivity contribution in [1.29, 1.82) is 0 Å². The number of aromatic amines is 2. The largest absolute Gasteiger partial charge is 0.457 e. The van der Waals surface area contributed by atoms with Crippen LogP contribution in [0.15, 0.2) is 60.9 Å². The van der Waals surface area contributed by atoms with Crippen LogP contribution < -0.4 is 15.4 Å². The van der Waals surface area contributed by atoms with Crippen LogP contribution in [0.25, 0.3) is 33.3 Å². The molecule has 8 rings (SSSR count). The van der Waals surface area contributed by atoms with Crippen molar-refractivity contribution >= 4 is 34.8 Å². The molecular formula is C47H56N8O7. The molecule has 4 N–H and O–H groups in total. The maximum absolute atomic E-state index is 13.7. The van der Waals surface area contributed by atoms with Gasteiger partial charge in [0, 0.05) is 47.8 Å². The Morgan fingerprint density at radius 3 is 2.00 bits per heavy atom. The van der Waals surface area contributed by atoms with Crippen molar-refractivity contribution in [3.05, 3.63) is 83.7 Å². The van der Waals surface area contributed by atoms with Gasteiger partial charge in [-0.25, -0.2) is 19.6 Å². The quantitative estimate of drug-likeness (QED) is 0.108. The van der Waals surface area contributed by atoms with Crippen LogP contribution in [-0.4, -0.2) is 93.1 Å². The number of nitrogens with one attached hydrogen (secondary N) is 4. The molecule has 0 radical (unpaired) electrons. The van der Waals surface area contributed by atoms with E-state index in [0.717, 1.165) is 81.6 Å². The predicted octanol–water partition coefficient (Wildman–Crippen LogP) is 8.14. The highest BCUT2D eigenvalue weighted by Crippen LogP contribution is 2.51. The van der Waals surface area contributed by atoms with E-state index in [-0.39, 0.29) is 35.7 Å². The van der Waals surface area contributed by atoms with Crippen molar-refractivity contribution in [3.63, 3.8) is 0 Å². The molecule has 2 saturated heterocycles. The monoisotopic (exact) mass is 844 g/mol. The van der Waals surface area contributed by atoms with Gasteiger partial charge in [0.25, 0.3) is 5.91 Å². The van der Waals surface area contributed by atoms with Crippen LogP contribution in [-0.2, 0) is 24.5 Å². The van der Waals surface area contributed by atoms with E-state index in [4.69, 9.17) is 24.2 Å². The summed E-state index contributed by atoms with van der Waals surface area (Å²) in [4.78, 5) is 71.5. The molecular weight excluding hydrogens is 789 g/mol. The number of aromatic nitrogens is 4. The molecule has 5 heterocycles. The highest BCUT2D eigenvalue weighted by molar-refractivity contribution is 5.93. The average Bonchev–Trinajstić information content (AvgIpc) is 4.10. The zero-order valence-corrected chi connectivity index (χ0v) is 36.6. The molecule has 0 aliphatic carbocycles. The van der Waals surface area contributed by atoms with E-state index in [1.165, 1.54) is 14.2 Å². The summed E-state index contributed by atoms with van der Waals surface area (Å²) in [5, 5.41) is 7.31. The number of nitrogens with zero attached hydrogens (tertiary/aromatic N) is 4. The molecule has 0 spiro atoms. The van der Waals surface area contributed by atoms with Gasteiger partial charge in [0.1, 0.15) is 29.2 Å². The van der Waals surface area contributed by atoms with E-state index >= 15 is 0 Å². The molecule has 3 aliphatic rings. The van der Waals surface area contributed by atoms with E-state index in [2.05, 4.69) is 70.8 Å². The lowest BCUT2D eigenvalue weighted by molar-refractivity contribution is -0.143. The molecule has 2 fully saturated rings. The fourth-order valence-corrected chi connectivity index (χ4v) is 9.37. The van der Waals surface area contributed by atoms with Crippen molar-refractivity contribution in [3.8, 4) is 34.0 Å². The van der Waals surface area contributed by atoms with Gasteiger partial charge in [0.15, 0.2) is 6.10 Å². The van der Waals surface area contributed by atoms with Crippen LogP contribution in [0, 0.1) is 11.8 Å². The summed E-state index contributed by atoms with van der Waals surface area (Å²) >= 11 is 0. The molecule has 15 nitrogen and oxygen atoms in total. The lowest BCUT2D eigenvalue weighted by Crippen LogP contribution is -2.51. The number of likely N-dealkylation sites (tertiary alicyclic amines) is 2. The standard InChI is InChI=1S/C47H56N8O7/c1-25(2)39(53-46(59)60-8)43(56)54-19-9-11-34(54)41-49-23-32(51-41)28-13-16-30-27(21-28)15-18-36-38(30)47(5,6)31-17-14-29(22-37(31)61-36)33-24-50-42(52-33)35-12-10-20-55(35)44(57)40(26(3)4)62-45(58)48-7/h13-18,21-26,34-35,39-40H,9-12,19-20H2,1-8H3,(H,48,58)(H,49,51)(H,50,52)(H,53,59)/t34?,35-,39?,40-/m0/s1. The highest BCUT2D eigenvalue weighted by Gasteiger charge is 2.40. The number of H-pyrrole nitrogens is 2. The Hall–Kier alpha value is -6.38. The smallest absolute Gasteiger partial charge is 0.407 e. The zero-order chi connectivity index (χ0) is 44.0. The van der Waals surface area contributed by atoms with Crippen LogP contribution in [0.4, 0.5) is 9.59 Å². The van der Waals surface area contributed by atoms with Gasteiger partial charge >= 0.3 is 12.2 Å². The summed E-state index contributed by atoms with van der Waals surface area (Å²) in [5.74, 6) is 2.29. The second-order valence-corrected chi connectivity index (χ2v) is 17.7. The van der Waals surface area contributed by atoms with Crippen LogP contribution in [0.5, 0.6) is 11.5 Å². The molecule has 15 heteroatoms. The molecule has 326 valence electrons. The average molecular weight is 845 g/mol. The number of carbonyl (C=O) groups excluding carboxylic acids is 4.